The van der Waals surface area contributed by atoms with Crippen LogP contribution in [0.15, 0.2) is 18.2 Å². The number of benzene rings is 1. The molecule has 1 unspecified atom stereocenters. The minimum absolute atomic E-state index is 0.0972. The van der Waals surface area contributed by atoms with Gasteiger partial charge in [0.15, 0.2) is 0 Å². The molecule has 0 aliphatic heterocycles. The fourth-order valence-corrected chi connectivity index (χ4v) is 2.41. The SMILES string of the molecule is CCCNC(=O)C(C)n1c(C)nc2c(C(=O)O)cccc21. The molecule has 6 heteroatoms. The summed E-state index contributed by atoms with van der Waals surface area (Å²) < 4.78 is 1.77. The topological polar surface area (TPSA) is 84.2 Å². The summed E-state index contributed by atoms with van der Waals surface area (Å²) in [6, 6.07) is 4.53. The summed E-state index contributed by atoms with van der Waals surface area (Å²) in [5, 5.41) is 12.1. The lowest BCUT2D eigenvalue weighted by Crippen LogP contribution is -2.31. The van der Waals surface area contributed by atoms with Gasteiger partial charge < -0.3 is 15.0 Å². The summed E-state index contributed by atoms with van der Waals surface area (Å²) in [7, 11) is 0. The van der Waals surface area contributed by atoms with E-state index in [0.29, 0.717) is 23.4 Å². The van der Waals surface area contributed by atoms with Crippen molar-refractivity contribution in [1.29, 1.82) is 0 Å². The van der Waals surface area contributed by atoms with Crippen LogP contribution >= 0.6 is 0 Å². The van der Waals surface area contributed by atoms with Crippen molar-refractivity contribution in [3.63, 3.8) is 0 Å². The van der Waals surface area contributed by atoms with Gasteiger partial charge in [0.2, 0.25) is 5.91 Å². The molecule has 0 aliphatic carbocycles. The molecule has 112 valence electrons. The van der Waals surface area contributed by atoms with E-state index in [1.807, 2.05) is 6.92 Å². The number of carboxylic acid groups (broad SMARTS) is 1. The molecule has 21 heavy (non-hydrogen) atoms. The molecule has 2 aromatic rings. The van der Waals surface area contributed by atoms with Crippen LogP contribution in [0.1, 0.15) is 42.5 Å². The second-order valence-corrected chi connectivity index (χ2v) is 4.97. The van der Waals surface area contributed by atoms with Crippen LogP contribution in [0.5, 0.6) is 0 Å². The number of aryl methyl sites for hydroxylation is 1. The van der Waals surface area contributed by atoms with Gasteiger partial charge >= 0.3 is 5.97 Å². The summed E-state index contributed by atoms with van der Waals surface area (Å²) >= 11 is 0. The highest BCUT2D eigenvalue weighted by molar-refractivity contribution is 6.01. The van der Waals surface area contributed by atoms with Gasteiger partial charge in [0.25, 0.3) is 0 Å². The van der Waals surface area contributed by atoms with Crippen molar-refractivity contribution in [2.45, 2.75) is 33.2 Å². The van der Waals surface area contributed by atoms with Crippen LogP contribution in [0.2, 0.25) is 0 Å². The Hall–Kier alpha value is -2.37. The van der Waals surface area contributed by atoms with Crippen LogP contribution in [0.25, 0.3) is 11.0 Å². The zero-order chi connectivity index (χ0) is 15.6. The number of aromatic nitrogens is 2. The first kappa shape index (κ1) is 15.0. The molecule has 0 spiro atoms. The number of fused-ring (bicyclic) bond motifs is 1. The quantitative estimate of drug-likeness (QED) is 0.883. The van der Waals surface area contributed by atoms with Crippen molar-refractivity contribution in [3.8, 4) is 0 Å². The van der Waals surface area contributed by atoms with Crippen LogP contribution in [-0.4, -0.2) is 33.1 Å². The summed E-state index contributed by atoms with van der Waals surface area (Å²) in [6.45, 7) is 6.17. The van der Waals surface area contributed by atoms with E-state index >= 15 is 0 Å². The fourth-order valence-electron chi connectivity index (χ4n) is 2.41. The maximum absolute atomic E-state index is 12.1. The number of rotatable bonds is 5. The Morgan fingerprint density at radius 1 is 1.43 bits per heavy atom. The summed E-state index contributed by atoms with van der Waals surface area (Å²) in [4.78, 5) is 27.7. The van der Waals surface area contributed by atoms with Crippen LogP contribution in [0.4, 0.5) is 0 Å². The predicted octanol–water partition coefficient (Wildman–Crippen LogP) is 2.13. The molecule has 1 amide bonds. The molecule has 0 saturated heterocycles. The number of nitrogens with zero attached hydrogens (tertiary/aromatic N) is 2. The third-order valence-corrected chi connectivity index (χ3v) is 3.44. The number of carbonyl (C=O) groups excluding carboxylic acids is 1. The molecule has 1 atom stereocenters. The number of aromatic carboxylic acids is 1. The zero-order valence-electron chi connectivity index (χ0n) is 12.4. The highest BCUT2D eigenvalue weighted by Crippen LogP contribution is 2.24. The van der Waals surface area contributed by atoms with E-state index in [2.05, 4.69) is 10.3 Å². The second kappa shape index (κ2) is 5.95. The number of imidazole rings is 1. The molecule has 1 heterocycles. The lowest BCUT2D eigenvalue weighted by Gasteiger charge is -2.16. The second-order valence-electron chi connectivity index (χ2n) is 4.97. The van der Waals surface area contributed by atoms with Crippen molar-refractivity contribution in [1.82, 2.24) is 14.9 Å². The van der Waals surface area contributed by atoms with Gasteiger partial charge in [-0.1, -0.05) is 13.0 Å². The molecular formula is C15H19N3O3. The fraction of sp³-hybridized carbons (Fsp3) is 0.400. The van der Waals surface area contributed by atoms with E-state index in [1.165, 1.54) is 6.07 Å². The van der Waals surface area contributed by atoms with E-state index in [1.54, 1.807) is 30.5 Å². The Morgan fingerprint density at radius 2 is 2.14 bits per heavy atom. The lowest BCUT2D eigenvalue weighted by molar-refractivity contribution is -0.123. The maximum atomic E-state index is 12.1. The average molecular weight is 289 g/mol. The standard InChI is InChI=1S/C15H19N3O3/c1-4-8-16-14(19)9(2)18-10(3)17-13-11(15(20)21)6-5-7-12(13)18/h5-7,9H,4,8H2,1-3H3,(H,16,19)(H,20,21). The van der Waals surface area contributed by atoms with Gasteiger partial charge in [0.1, 0.15) is 17.4 Å². The summed E-state index contributed by atoms with van der Waals surface area (Å²) in [5.74, 6) is -0.494. The van der Waals surface area contributed by atoms with E-state index < -0.39 is 12.0 Å². The molecule has 6 nitrogen and oxygen atoms in total. The Balaban J connectivity index is 2.49. The monoisotopic (exact) mass is 289 g/mol. The van der Waals surface area contributed by atoms with Crippen molar-refractivity contribution >= 4 is 22.9 Å². The molecule has 1 aromatic carbocycles. The number of amides is 1. The molecule has 2 N–H and O–H groups in total. The molecule has 0 radical (unpaired) electrons. The molecule has 1 aromatic heterocycles. The number of para-hydroxylation sites is 1. The summed E-state index contributed by atoms with van der Waals surface area (Å²) in [5.41, 5.74) is 1.22. The molecule has 2 rings (SSSR count). The van der Waals surface area contributed by atoms with Crippen molar-refractivity contribution < 1.29 is 14.7 Å². The zero-order valence-corrected chi connectivity index (χ0v) is 12.4. The van der Waals surface area contributed by atoms with E-state index in [9.17, 15) is 14.7 Å². The predicted molar refractivity (Wildman–Crippen MR) is 79.4 cm³/mol. The molecule has 0 saturated carbocycles. The normalized spacial score (nSPS) is 12.3. The van der Waals surface area contributed by atoms with Gasteiger partial charge in [-0.15, -0.1) is 0 Å². The van der Waals surface area contributed by atoms with Gasteiger partial charge in [-0.25, -0.2) is 9.78 Å². The van der Waals surface area contributed by atoms with E-state index in [4.69, 9.17) is 0 Å². The Kier molecular flexibility index (Phi) is 4.26. The average Bonchev–Trinajstić information content (AvgIpc) is 2.79. The Labute approximate surface area is 122 Å². The Bertz CT molecular complexity index is 691. The number of hydrogen-bond acceptors (Lipinski definition) is 3. The minimum Gasteiger partial charge on any atom is -0.478 e. The molecule has 0 aliphatic rings. The lowest BCUT2D eigenvalue weighted by atomic mass is 10.2. The van der Waals surface area contributed by atoms with Gasteiger partial charge in [-0.2, -0.15) is 0 Å². The van der Waals surface area contributed by atoms with Crippen LogP contribution in [0.3, 0.4) is 0 Å². The highest BCUT2D eigenvalue weighted by atomic mass is 16.4. The number of nitrogens with one attached hydrogen (secondary N) is 1. The van der Waals surface area contributed by atoms with E-state index in [-0.39, 0.29) is 11.5 Å². The van der Waals surface area contributed by atoms with Gasteiger partial charge in [0, 0.05) is 6.54 Å². The molecule has 0 bridgehead atoms. The van der Waals surface area contributed by atoms with Crippen LogP contribution in [-0.2, 0) is 4.79 Å². The summed E-state index contributed by atoms with van der Waals surface area (Å²) in [6.07, 6.45) is 0.866. The minimum atomic E-state index is -1.02. The first-order chi connectivity index (χ1) is 9.97. The molecular weight excluding hydrogens is 270 g/mol. The third-order valence-electron chi connectivity index (χ3n) is 3.44. The van der Waals surface area contributed by atoms with Crippen molar-refractivity contribution in [3.05, 3.63) is 29.6 Å². The first-order valence-electron chi connectivity index (χ1n) is 6.96. The highest BCUT2D eigenvalue weighted by Gasteiger charge is 2.21. The Morgan fingerprint density at radius 3 is 2.76 bits per heavy atom. The smallest absolute Gasteiger partial charge is 0.337 e. The van der Waals surface area contributed by atoms with Crippen LogP contribution < -0.4 is 5.32 Å². The van der Waals surface area contributed by atoms with Gasteiger partial charge in [0.05, 0.1) is 11.1 Å². The number of carboxylic acids is 1. The van der Waals surface area contributed by atoms with Gasteiger partial charge in [-0.05, 0) is 32.4 Å². The van der Waals surface area contributed by atoms with Crippen molar-refractivity contribution in [2.24, 2.45) is 0 Å². The number of carbonyl (C=O) groups is 2. The molecule has 0 fully saturated rings. The largest absolute Gasteiger partial charge is 0.478 e. The number of hydrogen-bond donors (Lipinski definition) is 2. The first-order valence-corrected chi connectivity index (χ1v) is 6.96. The van der Waals surface area contributed by atoms with Crippen LogP contribution in [0, 0.1) is 6.92 Å². The third kappa shape index (κ3) is 2.74. The van der Waals surface area contributed by atoms with Gasteiger partial charge in [-0.3, -0.25) is 4.79 Å². The van der Waals surface area contributed by atoms with E-state index in [0.717, 1.165) is 6.42 Å². The maximum Gasteiger partial charge on any atom is 0.337 e. The van der Waals surface area contributed by atoms with Crippen molar-refractivity contribution in [2.75, 3.05) is 6.54 Å².